The Kier molecular flexibility index (Phi) is 4.69. The van der Waals surface area contributed by atoms with E-state index in [2.05, 4.69) is 5.32 Å². The number of urea groups is 1. The van der Waals surface area contributed by atoms with E-state index in [0.717, 1.165) is 10.6 Å². The Morgan fingerprint density at radius 2 is 1.88 bits per heavy atom. The lowest BCUT2D eigenvalue weighted by atomic mass is 10.1. The summed E-state index contributed by atoms with van der Waals surface area (Å²) in [5.74, 6) is -0.960. The van der Waals surface area contributed by atoms with Crippen LogP contribution in [0, 0.1) is 0 Å². The van der Waals surface area contributed by atoms with Crippen molar-refractivity contribution < 1.29 is 19.2 Å². The molecule has 3 rings (SSSR count). The number of nitrogens with one attached hydrogen (secondary N) is 1. The second kappa shape index (κ2) is 6.92. The molecule has 1 aromatic rings. The Hall–Kier alpha value is -2.90. The maximum atomic E-state index is 12.6. The summed E-state index contributed by atoms with van der Waals surface area (Å²) >= 11 is 0. The largest absolute Gasteiger partial charge is 0.337 e. The van der Waals surface area contributed by atoms with Gasteiger partial charge in [0.25, 0.3) is 0 Å². The molecule has 5 amide bonds. The van der Waals surface area contributed by atoms with E-state index >= 15 is 0 Å². The number of nitrogens with zero attached hydrogens (tertiary/aromatic N) is 3. The fourth-order valence-corrected chi connectivity index (χ4v) is 3.08. The van der Waals surface area contributed by atoms with E-state index in [0.29, 0.717) is 13.1 Å². The SMILES string of the molecule is C[C@@H]1C(=O)N(c2ccccc2)CCN1C(=O)CN1C(=O)CCNC1=O. The van der Waals surface area contributed by atoms with Crippen molar-refractivity contribution in [2.24, 2.45) is 0 Å². The number of benzene rings is 1. The fraction of sp³-hybridized carbons (Fsp3) is 0.412. The lowest BCUT2D eigenvalue weighted by Gasteiger charge is -2.40. The fourth-order valence-electron chi connectivity index (χ4n) is 3.08. The van der Waals surface area contributed by atoms with Crippen LogP contribution in [0.25, 0.3) is 0 Å². The molecule has 8 heteroatoms. The summed E-state index contributed by atoms with van der Waals surface area (Å²) in [6, 6.07) is 8.06. The van der Waals surface area contributed by atoms with Gasteiger partial charge in [0, 0.05) is 31.7 Å². The van der Waals surface area contributed by atoms with Crippen LogP contribution in [0.1, 0.15) is 13.3 Å². The van der Waals surface area contributed by atoms with Crippen LogP contribution >= 0.6 is 0 Å². The van der Waals surface area contributed by atoms with Gasteiger partial charge in [0.2, 0.25) is 17.7 Å². The Labute approximate surface area is 145 Å². The number of amides is 5. The summed E-state index contributed by atoms with van der Waals surface area (Å²) in [4.78, 5) is 52.7. The molecule has 1 N–H and O–H groups in total. The maximum Gasteiger partial charge on any atom is 0.324 e. The number of carbonyl (C=O) groups is 4. The van der Waals surface area contributed by atoms with Gasteiger partial charge >= 0.3 is 6.03 Å². The molecular weight excluding hydrogens is 324 g/mol. The maximum absolute atomic E-state index is 12.6. The van der Waals surface area contributed by atoms with Gasteiger partial charge < -0.3 is 15.1 Å². The number of piperazine rings is 1. The molecule has 2 aliphatic heterocycles. The highest BCUT2D eigenvalue weighted by Gasteiger charge is 2.37. The van der Waals surface area contributed by atoms with Crippen molar-refractivity contribution in [1.82, 2.24) is 15.1 Å². The molecule has 0 aromatic heterocycles. The summed E-state index contributed by atoms with van der Waals surface area (Å²) in [6.07, 6.45) is 0.176. The average molecular weight is 344 g/mol. The molecule has 0 radical (unpaired) electrons. The molecule has 0 unspecified atom stereocenters. The monoisotopic (exact) mass is 344 g/mol. The molecular formula is C17H20N4O4. The molecule has 132 valence electrons. The molecule has 1 atom stereocenters. The van der Waals surface area contributed by atoms with Crippen molar-refractivity contribution in [2.75, 3.05) is 31.1 Å². The molecule has 25 heavy (non-hydrogen) atoms. The molecule has 1 aromatic carbocycles. The number of imide groups is 1. The lowest BCUT2D eigenvalue weighted by Crippen LogP contribution is -2.60. The quantitative estimate of drug-likeness (QED) is 0.848. The van der Waals surface area contributed by atoms with E-state index in [1.54, 1.807) is 11.8 Å². The Morgan fingerprint density at radius 1 is 1.16 bits per heavy atom. The number of hydrogen-bond donors (Lipinski definition) is 1. The zero-order chi connectivity index (χ0) is 18.0. The van der Waals surface area contributed by atoms with Crippen LogP contribution in [0.15, 0.2) is 30.3 Å². The highest BCUT2D eigenvalue weighted by Crippen LogP contribution is 2.20. The highest BCUT2D eigenvalue weighted by molar-refractivity contribution is 6.03. The number of carbonyl (C=O) groups excluding carboxylic acids is 4. The minimum atomic E-state index is -0.649. The van der Waals surface area contributed by atoms with Crippen LogP contribution in [-0.4, -0.2) is 65.8 Å². The molecule has 0 aliphatic carbocycles. The van der Waals surface area contributed by atoms with Crippen LogP contribution < -0.4 is 10.2 Å². The summed E-state index contributed by atoms with van der Waals surface area (Å²) in [7, 11) is 0. The summed E-state index contributed by atoms with van der Waals surface area (Å²) in [5.41, 5.74) is 0.789. The molecule has 8 nitrogen and oxygen atoms in total. The van der Waals surface area contributed by atoms with E-state index < -0.39 is 18.0 Å². The van der Waals surface area contributed by atoms with E-state index in [9.17, 15) is 19.2 Å². The number of rotatable bonds is 3. The third-order valence-electron chi connectivity index (χ3n) is 4.50. The molecule has 0 saturated carbocycles. The highest BCUT2D eigenvalue weighted by atomic mass is 16.2. The zero-order valence-corrected chi connectivity index (χ0v) is 14.0. The van der Waals surface area contributed by atoms with Crippen molar-refractivity contribution in [3.05, 3.63) is 30.3 Å². The topological polar surface area (TPSA) is 90.0 Å². The Bertz CT molecular complexity index is 690. The van der Waals surface area contributed by atoms with Crippen molar-refractivity contribution in [1.29, 1.82) is 0 Å². The first-order valence-electron chi connectivity index (χ1n) is 8.23. The van der Waals surface area contributed by atoms with Crippen molar-refractivity contribution in [3.63, 3.8) is 0 Å². The number of para-hydroxylation sites is 1. The first-order chi connectivity index (χ1) is 12.0. The summed E-state index contributed by atoms with van der Waals surface area (Å²) in [6.45, 7) is 2.33. The van der Waals surface area contributed by atoms with Crippen LogP contribution in [-0.2, 0) is 14.4 Å². The molecule has 2 fully saturated rings. The lowest BCUT2D eigenvalue weighted by molar-refractivity contribution is -0.144. The van der Waals surface area contributed by atoms with Crippen molar-refractivity contribution in [2.45, 2.75) is 19.4 Å². The first kappa shape index (κ1) is 16.9. The van der Waals surface area contributed by atoms with E-state index in [1.807, 2.05) is 30.3 Å². The van der Waals surface area contributed by atoms with Gasteiger partial charge in [0.05, 0.1) is 0 Å². The van der Waals surface area contributed by atoms with Crippen LogP contribution in [0.2, 0.25) is 0 Å². The van der Waals surface area contributed by atoms with Gasteiger partial charge in [-0.1, -0.05) is 18.2 Å². The van der Waals surface area contributed by atoms with Gasteiger partial charge in [0.1, 0.15) is 12.6 Å². The zero-order valence-electron chi connectivity index (χ0n) is 14.0. The number of hydrogen-bond acceptors (Lipinski definition) is 4. The second-order valence-corrected chi connectivity index (χ2v) is 6.05. The van der Waals surface area contributed by atoms with Crippen LogP contribution in [0.4, 0.5) is 10.5 Å². The van der Waals surface area contributed by atoms with Crippen LogP contribution in [0.5, 0.6) is 0 Å². The minimum absolute atomic E-state index is 0.176. The third-order valence-corrected chi connectivity index (χ3v) is 4.50. The van der Waals surface area contributed by atoms with Gasteiger partial charge in [0.15, 0.2) is 0 Å². The Balaban J connectivity index is 1.68. The van der Waals surface area contributed by atoms with Gasteiger partial charge in [-0.25, -0.2) is 4.79 Å². The molecule has 0 bridgehead atoms. The predicted molar refractivity (Wildman–Crippen MR) is 89.7 cm³/mol. The molecule has 0 spiro atoms. The first-order valence-corrected chi connectivity index (χ1v) is 8.23. The average Bonchev–Trinajstić information content (AvgIpc) is 2.61. The van der Waals surface area contributed by atoms with Crippen molar-refractivity contribution >= 4 is 29.4 Å². The smallest absolute Gasteiger partial charge is 0.324 e. The third kappa shape index (κ3) is 3.33. The van der Waals surface area contributed by atoms with E-state index in [4.69, 9.17) is 0 Å². The van der Waals surface area contributed by atoms with Crippen LogP contribution in [0.3, 0.4) is 0 Å². The Morgan fingerprint density at radius 3 is 2.56 bits per heavy atom. The second-order valence-electron chi connectivity index (χ2n) is 6.05. The van der Waals surface area contributed by atoms with Gasteiger partial charge in [-0.15, -0.1) is 0 Å². The normalized spacial score (nSPS) is 21.4. The van der Waals surface area contributed by atoms with E-state index in [1.165, 1.54) is 4.90 Å². The molecule has 2 saturated heterocycles. The minimum Gasteiger partial charge on any atom is -0.337 e. The van der Waals surface area contributed by atoms with E-state index in [-0.39, 0.29) is 31.3 Å². The predicted octanol–water partition coefficient (Wildman–Crippen LogP) is 0.192. The summed E-state index contributed by atoms with van der Waals surface area (Å²) in [5, 5.41) is 2.54. The van der Waals surface area contributed by atoms with Gasteiger partial charge in [-0.3, -0.25) is 19.3 Å². The van der Waals surface area contributed by atoms with Gasteiger partial charge in [-0.05, 0) is 19.1 Å². The molecule has 2 heterocycles. The van der Waals surface area contributed by atoms with Crippen molar-refractivity contribution in [3.8, 4) is 0 Å². The number of anilines is 1. The van der Waals surface area contributed by atoms with Gasteiger partial charge in [-0.2, -0.15) is 0 Å². The summed E-state index contributed by atoms with van der Waals surface area (Å²) < 4.78 is 0. The standard InChI is InChI=1S/C17H20N4O4/c1-12-16(24)20(13-5-3-2-4-6-13)10-9-19(12)15(23)11-21-14(22)7-8-18-17(21)25/h2-6,12H,7-11H2,1H3,(H,18,25)/t12-/m1/s1. The molecule has 2 aliphatic rings.